The summed E-state index contributed by atoms with van der Waals surface area (Å²) in [6.07, 6.45) is 3.94. The molecule has 7 heteroatoms. The second kappa shape index (κ2) is 6.96. The number of amides is 3. The lowest BCUT2D eigenvalue weighted by molar-refractivity contribution is -0.143. The number of carboxylic acid groups (broad SMARTS) is 1. The van der Waals surface area contributed by atoms with E-state index in [1.807, 2.05) is 0 Å². The van der Waals surface area contributed by atoms with Gasteiger partial charge < -0.3 is 21.5 Å². The minimum absolute atomic E-state index is 0.385. The van der Waals surface area contributed by atoms with E-state index in [4.69, 9.17) is 5.73 Å². The molecule has 0 bridgehead atoms. The average Bonchev–Trinajstić information content (AvgIpc) is 2.53. The van der Waals surface area contributed by atoms with E-state index in [9.17, 15) is 19.5 Å². The SMILES string of the molecule is CC(NC(N)=O)C(=O)NC1CCCCCC1C(=O)O. The summed E-state index contributed by atoms with van der Waals surface area (Å²) in [5.41, 5.74) is 4.94. The molecule has 0 saturated heterocycles. The van der Waals surface area contributed by atoms with Crippen LogP contribution in [-0.2, 0) is 9.59 Å². The number of hydrogen-bond acceptors (Lipinski definition) is 3. The molecule has 1 saturated carbocycles. The Morgan fingerprint density at radius 1 is 1.21 bits per heavy atom. The van der Waals surface area contributed by atoms with Crippen LogP contribution in [0.1, 0.15) is 39.0 Å². The number of carbonyl (C=O) groups excluding carboxylic acids is 2. The highest BCUT2D eigenvalue weighted by Gasteiger charge is 2.31. The molecule has 3 atom stereocenters. The zero-order chi connectivity index (χ0) is 14.4. The number of primary amides is 1. The molecule has 1 aliphatic carbocycles. The summed E-state index contributed by atoms with van der Waals surface area (Å²) in [6, 6.07) is -1.93. The van der Waals surface area contributed by atoms with Gasteiger partial charge >= 0.3 is 12.0 Å². The van der Waals surface area contributed by atoms with Gasteiger partial charge in [0.05, 0.1) is 5.92 Å². The van der Waals surface area contributed by atoms with E-state index in [0.717, 1.165) is 19.3 Å². The monoisotopic (exact) mass is 271 g/mol. The predicted octanol–water partition coefficient (Wildman–Crippen LogP) is 0.193. The Bertz CT molecular complexity index is 359. The predicted molar refractivity (Wildman–Crippen MR) is 68.3 cm³/mol. The van der Waals surface area contributed by atoms with E-state index in [1.54, 1.807) is 0 Å². The van der Waals surface area contributed by atoms with Crippen molar-refractivity contribution in [2.45, 2.75) is 51.1 Å². The molecule has 5 N–H and O–H groups in total. The molecule has 0 heterocycles. The van der Waals surface area contributed by atoms with Crippen molar-refractivity contribution < 1.29 is 19.5 Å². The summed E-state index contributed by atoms with van der Waals surface area (Å²) in [7, 11) is 0. The zero-order valence-corrected chi connectivity index (χ0v) is 11.0. The molecule has 1 aliphatic rings. The molecule has 0 spiro atoms. The van der Waals surface area contributed by atoms with Gasteiger partial charge in [0.25, 0.3) is 0 Å². The Morgan fingerprint density at radius 2 is 1.84 bits per heavy atom. The van der Waals surface area contributed by atoms with Crippen molar-refractivity contribution in [2.75, 3.05) is 0 Å². The van der Waals surface area contributed by atoms with Crippen LogP contribution < -0.4 is 16.4 Å². The summed E-state index contributed by atoms with van der Waals surface area (Å²) in [6.45, 7) is 1.51. The van der Waals surface area contributed by atoms with Crippen molar-refractivity contribution >= 4 is 17.9 Å². The fourth-order valence-corrected chi connectivity index (χ4v) is 2.36. The largest absolute Gasteiger partial charge is 0.481 e. The molecule has 3 unspecified atom stereocenters. The van der Waals surface area contributed by atoms with Gasteiger partial charge in [0, 0.05) is 6.04 Å². The minimum Gasteiger partial charge on any atom is -0.481 e. The quantitative estimate of drug-likeness (QED) is 0.545. The number of rotatable bonds is 4. The van der Waals surface area contributed by atoms with Crippen molar-refractivity contribution in [2.24, 2.45) is 11.7 Å². The minimum atomic E-state index is -0.886. The summed E-state index contributed by atoms with van der Waals surface area (Å²) in [5.74, 6) is -1.85. The molecule has 1 fully saturated rings. The van der Waals surface area contributed by atoms with Crippen LogP contribution in [0.5, 0.6) is 0 Å². The second-order valence-electron chi connectivity index (χ2n) is 4.93. The first-order valence-corrected chi connectivity index (χ1v) is 6.51. The van der Waals surface area contributed by atoms with Gasteiger partial charge in [0.1, 0.15) is 6.04 Å². The van der Waals surface area contributed by atoms with E-state index >= 15 is 0 Å². The third-order valence-electron chi connectivity index (χ3n) is 3.41. The van der Waals surface area contributed by atoms with Crippen LogP contribution in [0.4, 0.5) is 4.79 Å². The van der Waals surface area contributed by atoms with E-state index in [1.165, 1.54) is 6.92 Å². The van der Waals surface area contributed by atoms with Gasteiger partial charge in [-0.2, -0.15) is 0 Å². The van der Waals surface area contributed by atoms with Crippen LogP contribution in [0.3, 0.4) is 0 Å². The van der Waals surface area contributed by atoms with Gasteiger partial charge in [0.2, 0.25) is 5.91 Å². The highest BCUT2D eigenvalue weighted by molar-refractivity contribution is 5.86. The van der Waals surface area contributed by atoms with E-state index < -0.39 is 29.9 Å². The van der Waals surface area contributed by atoms with Gasteiger partial charge in [0.15, 0.2) is 0 Å². The van der Waals surface area contributed by atoms with Gasteiger partial charge in [-0.05, 0) is 19.8 Å². The number of aliphatic carboxylic acids is 1. The Hall–Kier alpha value is -1.79. The summed E-state index contributed by atoms with van der Waals surface area (Å²) < 4.78 is 0. The third kappa shape index (κ3) is 4.76. The molecule has 3 amide bonds. The molecule has 19 heavy (non-hydrogen) atoms. The molecule has 1 rings (SSSR count). The number of urea groups is 1. The van der Waals surface area contributed by atoms with Crippen molar-refractivity contribution in [3.63, 3.8) is 0 Å². The average molecular weight is 271 g/mol. The van der Waals surface area contributed by atoms with Crippen LogP contribution in [0.25, 0.3) is 0 Å². The van der Waals surface area contributed by atoms with Gasteiger partial charge in [-0.1, -0.05) is 19.3 Å². The standard InChI is InChI=1S/C12H21N3O4/c1-7(14-12(13)19)10(16)15-9-6-4-2-3-5-8(9)11(17)18/h7-9H,2-6H2,1H3,(H,15,16)(H,17,18)(H3,13,14,19). The topological polar surface area (TPSA) is 122 Å². The van der Waals surface area contributed by atoms with Gasteiger partial charge in [-0.3, -0.25) is 9.59 Å². The normalized spacial score (nSPS) is 24.9. The van der Waals surface area contributed by atoms with Crippen molar-refractivity contribution in [1.82, 2.24) is 10.6 Å². The maximum atomic E-state index is 11.9. The molecule has 0 radical (unpaired) electrons. The first kappa shape index (κ1) is 15.3. The lowest BCUT2D eigenvalue weighted by Gasteiger charge is -2.24. The Kier molecular flexibility index (Phi) is 5.59. The van der Waals surface area contributed by atoms with Crippen molar-refractivity contribution in [3.05, 3.63) is 0 Å². The number of nitrogens with two attached hydrogens (primary N) is 1. The fourth-order valence-electron chi connectivity index (χ4n) is 2.36. The van der Waals surface area contributed by atoms with Crippen LogP contribution in [-0.4, -0.2) is 35.1 Å². The van der Waals surface area contributed by atoms with Crippen LogP contribution in [0.15, 0.2) is 0 Å². The molecular weight excluding hydrogens is 250 g/mol. The van der Waals surface area contributed by atoms with Crippen LogP contribution in [0.2, 0.25) is 0 Å². The summed E-state index contributed by atoms with van der Waals surface area (Å²) in [4.78, 5) is 33.7. The van der Waals surface area contributed by atoms with E-state index in [0.29, 0.717) is 12.8 Å². The van der Waals surface area contributed by atoms with E-state index in [2.05, 4.69) is 10.6 Å². The first-order chi connectivity index (χ1) is 8.91. The highest BCUT2D eigenvalue weighted by atomic mass is 16.4. The van der Waals surface area contributed by atoms with Crippen LogP contribution in [0, 0.1) is 5.92 Å². The molecule has 108 valence electrons. The third-order valence-corrected chi connectivity index (χ3v) is 3.41. The maximum Gasteiger partial charge on any atom is 0.312 e. The number of hydrogen-bond donors (Lipinski definition) is 4. The highest BCUT2D eigenvalue weighted by Crippen LogP contribution is 2.23. The smallest absolute Gasteiger partial charge is 0.312 e. The van der Waals surface area contributed by atoms with Gasteiger partial charge in [-0.15, -0.1) is 0 Å². The molecular formula is C12H21N3O4. The summed E-state index contributed by atoms with van der Waals surface area (Å²) >= 11 is 0. The fraction of sp³-hybridized carbons (Fsp3) is 0.750. The van der Waals surface area contributed by atoms with Crippen molar-refractivity contribution in [1.29, 1.82) is 0 Å². The molecule has 0 aliphatic heterocycles. The van der Waals surface area contributed by atoms with Crippen molar-refractivity contribution in [3.8, 4) is 0 Å². The van der Waals surface area contributed by atoms with Gasteiger partial charge in [-0.25, -0.2) is 4.79 Å². The zero-order valence-electron chi connectivity index (χ0n) is 11.0. The number of nitrogens with one attached hydrogen (secondary N) is 2. The van der Waals surface area contributed by atoms with Crippen LogP contribution >= 0.6 is 0 Å². The maximum absolute atomic E-state index is 11.9. The Balaban J connectivity index is 2.62. The molecule has 0 aromatic heterocycles. The van der Waals surface area contributed by atoms with E-state index in [-0.39, 0.29) is 6.04 Å². The second-order valence-corrected chi connectivity index (χ2v) is 4.93. The summed E-state index contributed by atoms with van der Waals surface area (Å²) in [5, 5.41) is 14.2. The Labute approximate surface area is 111 Å². The Morgan fingerprint density at radius 3 is 2.42 bits per heavy atom. The number of carbonyl (C=O) groups is 3. The first-order valence-electron chi connectivity index (χ1n) is 6.51. The number of carboxylic acids is 1. The lowest BCUT2D eigenvalue weighted by Crippen LogP contribution is -2.51. The lowest BCUT2D eigenvalue weighted by atomic mass is 9.94. The molecule has 7 nitrogen and oxygen atoms in total. The molecule has 0 aromatic rings. The molecule has 0 aromatic carbocycles.